The molecule has 204 valence electrons. The molecule has 15 heteroatoms. The lowest BCUT2D eigenvalue weighted by Gasteiger charge is -2.24. The molecule has 0 aromatic heterocycles. The number of aromatic hydroxyl groups is 1. The summed E-state index contributed by atoms with van der Waals surface area (Å²) in [5.74, 6) is -6.84. The van der Waals surface area contributed by atoms with Crippen molar-refractivity contribution in [3.8, 4) is 5.75 Å². The molecule has 1 rings (SSSR count). The van der Waals surface area contributed by atoms with Crippen LogP contribution in [0.5, 0.6) is 5.75 Å². The number of carboxylic acid groups (broad SMARTS) is 3. The number of phenolic OH excluding ortho intramolecular Hbond substituents is 1. The number of nitrogens with two attached hydrogens (primary N) is 1. The highest BCUT2D eigenvalue weighted by molar-refractivity contribution is 7.98. The van der Waals surface area contributed by atoms with Crippen molar-refractivity contribution in [1.29, 1.82) is 0 Å². The van der Waals surface area contributed by atoms with Crippen molar-refractivity contribution >= 4 is 47.4 Å². The fourth-order valence-electron chi connectivity index (χ4n) is 3.06. The number of hydrogen-bond donors (Lipinski definition) is 8. The molecule has 0 radical (unpaired) electrons. The second-order valence-corrected chi connectivity index (χ2v) is 8.96. The van der Waals surface area contributed by atoms with Gasteiger partial charge in [-0.25, -0.2) is 4.79 Å². The smallest absolute Gasteiger partial charge is 0.326 e. The highest BCUT2D eigenvalue weighted by Gasteiger charge is 2.32. The van der Waals surface area contributed by atoms with E-state index in [1.54, 1.807) is 6.26 Å². The van der Waals surface area contributed by atoms with Crippen LogP contribution in [0.15, 0.2) is 24.3 Å². The fourth-order valence-corrected chi connectivity index (χ4v) is 3.53. The van der Waals surface area contributed by atoms with Gasteiger partial charge in [0.25, 0.3) is 0 Å². The van der Waals surface area contributed by atoms with Gasteiger partial charge >= 0.3 is 17.9 Å². The molecule has 0 aliphatic heterocycles. The Kier molecular flexibility index (Phi) is 12.9. The summed E-state index contributed by atoms with van der Waals surface area (Å²) in [7, 11) is 0. The van der Waals surface area contributed by atoms with E-state index in [4.69, 9.17) is 15.9 Å². The lowest BCUT2D eigenvalue weighted by Crippen LogP contribution is -2.58. The number of thioether (sulfide) groups is 1. The number of carbonyl (C=O) groups excluding carboxylic acids is 3. The molecule has 0 saturated heterocycles. The Hall–Kier alpha value is -3.85. The first kappa shape index (κ1) is 31.2. The maximum absolute atomic E-state index is 13.0. The number of hydrogen-bond acceptors (Lipinski definition) is 9. The number of rotatable bonds is 16. The first-order valence-corrected chi connectivity index (χ1v) is 12.3. The van der Waals surface area contributed by atoms with E-state index in [2.05, 4.69) is 16.0 Å². The molecule has 0 bridgehead atoms. The Labute approximate surface area is 216 Å². The van der Waals surface area contributed by atoms with E-state index >= 15 is 0 Å². The van der Waals surface area contributed by atoms with Gasteiger partial charge in [0.05, 0.1) is 18.9 Å². The van der Waals surface area contributed by atoms with Gasteiger partial charge in [0.2, 0.25) is 17.7 Å². The van der Waals surface area contributed by atoms with E-state index in [-0.39, 0.29) is 18.6 Å². The lowest BCUT2D eigenvalue weighted by molar-refractivity contribution is -0.143. The lowest BCUT2D eigenvalue weighted by atomic mass is 10.0. The van der Waals surface area contributed by atoms with Crippen molar-refractivity contribution in [2.45, 2.75) is 49.9 Å². The highest BCUT2D eigenvalue weighted by atomic mass is 32.2. The quantitative estimate of drug-likeness (QED) is 0.119. The number of nitrogens with one attached hydrogen (secondary N) is 3. The molecular weight excluding hydrogens is 512 g/mol. The standard InChI is InChI=1S/C22H30N4O10S/c1-37-7-6-14(22(35)36)24-20(33)15(8-11-2-4-12(27)5-3-11)26-21(34)16(10-18(30)31)25-19(32)13(23)9-17(28)29/h2-5,13-16,27H,6-10,23H2,1H3,(H,24,33)(H,25,32)(H,26,34)(H,28,29)(H,30,31)(H,35,36). The van der Waals surface area contributed by atoms with Crippen LogP contribution < -0.4 is 21.7 Å². The Balaban J connectivity index is 3.15. The molecule has 9 N–H and O–H groups in total. The number of benzene rings is 1. The van der Waals surface area contributed by atoms with Crippen molar-refractivity contribution in [2.75, 3.05) is 12.0 Å². The van der Waals surface area contributed by atoms with Crippen LogP contribution >= 0.6 is 11.8 Å². The summed E-state index contributed by atoms with van der Waals surface area (Å²) in [6, 6.07) is -0.338. The third-order valence-electron chi connectivity index (χ3n) is 4.98. The van der Waals surface area contributed by atoms with Crippen LogP contribution in [0.4, 0.5) is 0 Å². The van der Waals surface area contributed by atoms with E-state index < -0.39 is 72.6 Å². The maximum Gasteiger partial charge on any atom is 0.326 e. The average molecular weight is 543 g/mol. The van der Waals surface area contributed by atoms with Crippen LogP contribution in [0.25, 0.3) is 0 Å². The molecule has 14 nitrogen and oxygen atoms in total. The van der Waals surface area contributed by atoms with E-state index in [0.717, 1.165) is 0 Å². The molecule has 0 spiro atoms. The van der Waals surface area contributed by atoms with Crippen molar-refractivity contribution in [1.82, 2.24) is 16.0 Å². The van der Waals surface area contributed by atoms with Gasteiger partial charge in [0, 0.05) is 6.42 Å². The van der Waals surface area contributed by atoms with Crippen LogP contribution in [0, 0.1) is 0 Å². The third kappa shape index (κ3) is 11.6. The average Bonchev–Trinajstić information content (AvgIpc) is 2.80. The predicted octanol–water partition coefficient (Wildman–Crippen LogP) is -1.50. The Bertz CT molecular complexity index is 988. The normalized spacial score (nSPS) is 13.9. The zero-order valence-corrected chi connectivity index (χ0v) is 20.7. The first-order valence-electron chi connectivity index (χ1n) is 10.9. The first-order chi connectivity index (χ1) is 17.3. The highest BCUT2D eigenvalue weighted by Crippen LogP contribution is 2.12. The monoisotopic (exact) mass is 542 g/mol. The molecule has 0 heterocycles. The van der Waals surface area contributed by atoms with Gasteiger partial charge in [-0.3, -0.25) is 24.0 Å². The minimum absolute atomic E-state index is 0.0567. The van der Waals surface area contributed by atoms with E-state index in [1.807, 2.05) is 0 Å². The zero-order valence-electron chi connectivity index (χ0n) is 19.9. The van der Waals surface area contributed by atoms with E-state index in [9.17, 15) is 39.0 Å². The van der Waals surface area contributed by atoms with Crippen LogP contribution in [-0.4, -0.2) is 92.2 Å². The van der Waals surface area contributed by atoms with Crippen LogP contribution in [0.3, 0.4) is 0 Å². The second-order valence-electron chi connectivity index (χ2n) is 7.98. The maximum atomic E-state index is 13.0. The second kappa shape index (κ2) is 15.3. The Morgan fingerprint density at radius 3 is 1.84 bits per heavy atom. The summed E-state index contributed by atoms with van der Waals surface area (Å²) >= 11 is 1.37. The van der Waals surface area contributed by atoms with Gasteiger partial charge in [-0.15, -0.1) is 0 Å². The van der Waals surface area contributed by atoms with Crippen molar-refractivity contribution in [2.24, 2.45) is 5.73 Å². The van der Waals surface area contributed by atoms with Gasteiger partial charge in [0.1, 0.15) is 23.9 Å². The molecule has 37 heavy (non-hydrogen) atoms. The molecule has 3 amide bonds. The molecule has 0 aliphatic carbocycles. The molecule has 1 aromatic rings. The number of phenols is 1. The SMILES string of the molecule is CSCCC(NC(=O)C(Cc1ccc(O)cc1)NC(=O)C(CC(=O)O)NC(=O)C(N)CC(=O)O)C(=O)O. The molecule has 4 unspecified atom stereocenters. The molecule has 4 atom stereocenters. The van der Waals surface area contributed by atoms with Crippen molar-refractivity contribution in [3.63, 3.8) is 0 Å². The van der Waals surface area contributed by atoms with Crippen molar-refractivity contribution < 1.29 is 49.2 Å². The summed E-state index contributed by atoms with van der Waals surface area (Å²) in [6.07, 6.45) is 0.0101. The van der Waals surface area contributed by atoms with Gasteiger partial charge in [-0.2, -0.15) is 11.8 Å². The fraction of sp³-hybridized carbons (Fsp3) is 0.455. The third-order valence-corrected chi connectivity index (χ3v) is 5.62. The summed E-state index contributed by atoms with van der Waals surface area (Å²) in [6.45, 7) is 0. The molecule has 1 aromatic carbocycles. The molecule has 0 saturated carbocycles. The van der Waals surface area contributed by atoms with Crippen LogP contribution in [0.2, 0.25) is 0 Å². The number of aliphatic carboxylic acids is 3. The zero-order chi connectivity index (χ0) is 28.1. The minimum atomic E-state index is -1.72. The molecular formula is C22H30N4O10S. The summed E-state index contributed by atoms with van der Waals surface area (Å²) in [5, 5.41) is 43.6. The Morgan fingerprint density at radius 2 is 1.32 bits per heavy atom. The van der Waals surface area contributed by atoms with Crippen LogP contribution in [-0.2, 0) is 35.2 Å². The van der Waals surface area contributed by atoms with Crippen LogP contribution in [0.1, 0.15) is 24.8 Å². The van der Waals surface area contributed by atoms with Gasteiger partial charge in [-0.05, 0) is 36.1 Å². The summed E-state index contributed by atoms with van der Waals surface area (Å²) in [4.78, 5) is 71.7. The van der Waals surface area contributed by atoms with Crippen molar-refractivity contribution in [3.05, 3.63) is 29.8 Å². The molecule has 0 fully saturated rings. The molecule has 0 aliphatic rings. The van der Waals surface area contributed by atoms with Gasteiger partial charge in [-0.1, -0.05) is 12.1 Å². The Morgan fingerprint density at radius 1 is 0.811 bits per heavy atom. The number of amides is 3. The minimum Gasteiger partial charge on any atom is -0.508 e. The summed E-state index contributed by atoms with van der Waals surface area (Å²) in [5.41, 5.74) is 5.94. The largest absolute Gasteiger partial charge is 0.508 e. The van der Waals surface area contributed by atoms with E-state index in [0.29, 0.717) is 11.3 Å². The number of carbonyl (C=O) groups is 6. The summed E-state index contributed by atoms with van der Waals surface area (Å²) < 4.78 is 0. The predicted molar refractivity (Wildman–Crippen MR) is 131 cm³/mol. The topological polar surface area (TPSA) is 245 Å². The van der Waals surface area contributed by atoms with Gasteiger partial charge in [0.15, 0.2) is 0 Å². The number of carboxylic acids is 3. The van der Waals surface area contributed by atoms with Gasteiger partial charge < -0.3 is 42.1 Å². The van der Waals surface area contributed by atoms with E-state index in [1.165, 1.54) is 36.0 Å².